The highest BCUT2D eigenvalue weighted by Gasteiger charge is 2.18. The number of hydrogen-bond donors (Lipinski definition) is 2. The van der Waals surface area contributed by atoms with Crippen LogP contribution in [0.3, 0.4) is 0 Å². The van der Waals surface area contributed by atoms with Crippen LogP contribution in [0.15, 0.2) is 12.1 Å². The van der Waals surface area contributed by atoms with Crippen LogP contribution in [0.1, 0.15) is 23.1 Å². The Kier molecular flexibility index (Phi) is 1.41. The molecular formula is C8H11N3. The lowest BCUT2D eigenvalue weighted by Gasteiger charge is -2.03. The fraction of sp³-hybridized carbons (Fsp3) is 0.375. The fourth-order valence-electron chi connectivity index (χ4n) is 1.34. The maximum atomic E-state index is 5.74. The molecule has 0 saturated carbocycles. The van der Waals surface area contributed by atoms with Gasteiger partial charge in [0.25, 0.3) is 0 Å². The van der Waals surface area contributed by atoms with Gasteiger partial charge in [0.2, 0.25) is 0 Å². The first kappa shape index (κ1) is 6.76. The standard InChI is InChI=1S/C8H11N3/c1-5-2-3-6-4-10-8(9)7(6)11-5/h2-3,8,10H,4,9H2,1H3. The number of pyridine rings is 1. The minimum Gasteiger partial charge on any atom is -0.311 e. The zero-order valence-electron chi connectivity index (χ0n) is 6.46. The molecule has 0 amide bonds. The zero-order chi connectivity index (χ0) is 7.84. The van der Waals surface area contributed by atoms with Gasteiger partial charge in [0.15, 0.2) is 0 Å². The third kappa shape index (κ3) is 1.02. The van der Waals surface area contributed by atoms with Gasteiger partial charge in [-0.1, -0.05) is 6.07 Å². The summed E-state index contributed by atoms with van der Waals surface area (Å²) in [6.07, 6.45) is -0.0649. The molecule has 3 N–H and O–H groups in total. The molecule has 0 saturated heterocycles. The van der Waals surface area contributed by atoms with E-state index in [2.05, 4.69) is 16.4 Å². The van der Waals surface area contributed by atoms with Crippen molar-refractivity contribution in [1.29, 1.82) is 0 Å². The number of aryl methyl sites for hydroxylation is 1. The Labute approximate surface area is 65.6 Å². The van der Waals surface area contributed by atoms with Gasteiger partial charge in [-0.25, -0.2) is 0 Å². The van der Waals surface area contributed by atoms with E-state index >= 15 is 0 Å². The lowest BCUT2D eigenvalue weighted by Crippen LogP contribution is -2.21. The van der Waals surface area contributed by atoms with Gasteiger partial charge in [-0.15, -0.1) is 0 Å². The largest absolute Gasteiger partial charge is 0.311 e. The summed E-state index contributed by atoms with van der Waals surface area (Å²) in [5.41, 5.74) is 9.00. The van der Waals surface area contributed by atoms with E-state index in [1.807, 2.05) is 13.0 Å². The third-order valence-electron chi connectivity index (χ3n) is 1.96. The molecular weight excluding hydrogens is 138 g/mol. The molecule has 0 aromatic carbocycles. The Balaban J connectivity index is 2.52. The van der Waals surface area contributed by atoms with Gasteiger partial charge in [-0.05, 0) is 18.6 Å². The minimum absolute atomic E-state index is 0.0649. The number of aromatic nitrogens is 1. The van der Waals surface area contributed by atoms with Crippen molar-refractivity contribution in [2.75, 3.05) is 0 Å². The van der Waals surface area contributed by atoms with E-state index in [1.54, 1.807) is 0 Å². The smallest absolute Gasteiger partial charge is 0.0991 e. The van der Waals surface area contributed by atoms with Crippen LogP contribution in [0.4, 0.5) is 0 Å². The van der Waals surface area contributed by atoms with Gasteiger partial charge in [0, 0.05) is 12.2 Å². The van der Waals surface area contributed by atoms with E-state index < -0.39 is 0 Å². The number of nitrogens with two attached hydrogens (primary N) is 1. The molecule has 1 aromatic heterocycles. The molecule has 1 unspecified atom stereocenters. The molecule has 3 nitrogen and oxygen atoms in total. The predicted octanol–water partition coefficient (Wildman–Crippen LogP) is 0.451. The topological polar surface area (TPSA) is 50.9 Å². The zero-order valence-corrected chi connectivity index (χ0v) is 6.46. The van der Waals surface area contributed by atoms with Crippen molar-refractivity contribution >= 4 is 0 Å². The van der Waals surface area contributed by atoms with Gasteiger partial charge in [0.05, 0.1) is 11.9 Å². The molecule has 1 atom stereocenters. The average molecular weight is 149 g/mol. The second kappa shape index (κ2) is 2.29. The molecule has 2 rings (SSSR count). The number of nitrogens with zero attached hydrogens (tertiary/aromatic N) is 1. The van der Waals surface area contributed by atoms with Crippen LogP contribution >= 0.6 is 0 Å². The number of fused-ring (bicyclic) bond motifs is 1. The monoisotopic (exact) mass is 149 g/mol. The summed E-state index contributed by atoms with van der Waals surface area (Å²) in [6.45, 7) is 2.83. The summed E-state index contributed by atoms with van der Waals surface area (Å²) >= 11 is 0. The molecule has 0 bridgehead atoms. The van der Waals surface area contributed by atoms with Crippen molar-refractivity contribution in [2.24, 2.45) is 5.73 Å². The highest BCUT2D eigenvalue weighted by Crippen LogP contribution is 2.18. The van der Waals surface area contributed by atoms with Gasteiger partial charge in [0.1, 0.15) is 0 Å². The van der Waals surface area contributed by atoms with E-state index in [0.29, 0.717) is 0 Å². The predicted molar refractivity (Wildman–Crippen MR) is 42.7 cm³/mol. The van der Waals surface area contributed by atoms with Crippen LogP contribution < -0.4 is 11.1 Å². The summed E-state index contributed by atoms with van der Waals surface area (Å²) in [5.74, 6) is 0. The first-order valence-electron chi connectivity index (χ1n) is 3.73. The molecule has 3 heteroatoms. The molecule has 58 valence electrons. The molecule has 0 radical (unpaired) electrons. The first-order chi connectivity index (χ1) is 5.27. The van der Waals surface area contributed by atoms with Crippen molar-refractivity contribution in [1.82, 2.24) is 10.3 Å². The van der Waals surface area contributed by atoms with Gasteiger partial charge in [-0.3, -0.25) is 10.3 Å². The van der Waals surface area contributed by atoms with Crippen LogP contribution in [0.5, 0.6) is 0 Å². The van der Waals surface area contributed by atoms with Crippen LogP contribution in [0, 0.1) is 6.92 Å². The minimum atomic E-state index is -0.0649. The van der Waals surface area contributed by atoms with Crippen LogP contribution in [-0.2, 0) is 6.54 Å². The molecule has 1 aliphatic rings. The van der Waals surface area contributed by atoms with E-state index in [0.717, 1.165) is 17.9 Å². The van der Waals surface area contributed by atoms with E-state index in [-0.39, 0.29) is 6.17 Å². The lowest BCUT2D eigenvalue weighted by atomic mass is 10.2. The van der Waals surface area contributed by atoms with Crippen LogP contribution in [0.25, 0.3) is 0 Å². The lowest BCUT2D eigenvalue weighted by molar-refractivity contribution is 0.597. The van der Waals surface area contributed by atoms with E-state index in [1.165, 1.54) is 5.56 Å². The van der Waals surface area contributed by atoms with Crippen LogP contribution in [-0.4, -0.2) is 4.98 Å². The van der Waals surface area contributed by atoms with Crippen molar-refractivity contribution in [3.05, 3.63) is 29.1 Å². The summed E-state index contributed by atoms with van der Waals surface area (Å²) < 4.78 is 0. The number of rotatable bonds is 0. The van der Waals surface area contributed by atoms with Crippen molar-refractivity contribution in [3.63, 3.8) is 0 Å². The van der Waals surface area contributed by atoms with Gasteiger partial charge >= 0.3 is 0 Å². The second-order valence-electron chi connectivity index (χ2n) is 2.86. The molecule has 0 aliphatic carbocycles. The van der Waals surface area contributed by atoms with Gasteiger partial charge in [-0.2, -0.15) is 0 Å². The first-order valence-corrected chi connectivity index (χ1v) is 3.73. The normalized spacial score (nSPS) is 21.8. The Bertz CT molecular complexity index is 283. The van der Waals surface area contributed by atoms with E-state index in [9.17, 15) is 0 Å². The van der Waals surface area contributed by atoms with Crippen molar-refractivity contribution < 1.29 is 0 Å². The molecule has 1 aromatic rings. The Morgan fingerprint density at radius 3 is 3.27 bits per heavy atom. The maximum Gasteiger partial charge on any atom is 0.0991 e. The Hall–Kier alpha value is -0.930. The summed E-state index contributed by atoms with van der Waals surface area (Å²) in [7, 11) is 0. The summed E-state index contributed by atoms with van der Waals surface area (Å²) in [4.78, 5) is 4.35. The highest BCUT2D eigenvalue weighted by molar-refractivity contribution is 5.28. The van der Waals surface area contributed by atoms with E-state index in [4.69, 9.17) is 5.73 Å². The third-order valence-corrected chi connectivity index (χ3v) is 1.96. The maximum absolute atomic E-state index is 5.74. The number of nitrogens with one attached hydrogen (secondary N) is 1. The SMILES string of the molecule is Cc1ccc2c(n1)C(N)NC2. The molecule has 1 aliphatic heterocycles. The van der Waals surface area contributed by atoms with Crippen LogP contribution in [0.2, 0.25) is 0 Å². The molecule has 11 heavy (non-hydrogen) atoms. The number of hydrogen-bond acceptors (Lipinski definition) is 3. The Morgan fingerprint density at radius 2 is 2.45 bits per heavy atom. The molecule has 2 heterocycles. The quantitative estimate of drug-likeness (QED) is 0.563. The van der Waals surface area contributed by atoms with Crippen molar-refractivity contribution in [2.45, 2.75) is 19.6 Å². The molecule has 0 fully saturated rings. The summed E-state index contributed by atoms with van der Waals surface area (Å²) in [5, 5.41) is 3.13. The summed E-state index contributed by atoms with van der Waals surface area (Å²) in [6, 6.07) is 4.09. The highest BCUT2D eigenvalue weighted by atomic mass is 15.1. The second-order valence-corrected chi connectivity index (χ2v) is 2.86. The molecule has 0 spiro atoms. The van der Waals surface area contributed by atoms with Crippen molar-refractivity contribution in [3.8, 4) is 0 Å². The van der Waals surface area contributed by atoms with Gasteiger partial charge < -0.3 is 5.73 Å². The Morgan fingerprint density at radius 1 is 1.64 bits per heavy atom. The fourth-order valence-corrected chi connectivity index (χ4v) is 1.34. The average Bonchev–Trinajstić information content (AvgIpc) is 2.33.